The second-order valence-corrected chi connectivity index (χ2v) is 6.72. The second-order valence-electron chi connectivity index (χ2n) is 6.72. The summed E-state index contributed by atoms with van der Waals surface area (Å²) in [6.45, 7) is 2.06. The van der Waals surface area contributed by atoms with Crippen LogP contribution >= 0.6 is 0 Å². The van der Waals surface area contributed by atoms with E-state index >= 15 is 0 Å². The Hall–Kier alpha value is -2.53. The van der Waals surface area contributed by atoms with Crippen LogP contribution in [0.15, 0.2) is 78.1 Å². The second kappa shape index (κ2) is 15.5. The summed E-state index contributed by atoms with van der Waals surface area (Å²) in [6.07, 6.45) is 28.8. The average Bonchev–Trinajstić information content (AvgIpc) is 3.47. The van der Waals surface area contributed by atoms with Crippen LogP contribution in [0.5, 0.6) is 0 Å². The Kier molecular flexibility index (Phi) is 13.0. The summed E-state index contributed by atoms with van der Waals surface area (Å²) in [5.74, 6) is 5.62. The van der Waals surface area contributed by atoms with Crippen LogP contribution < -0.4 is 5.90 Å². The van der Waals surface area contributed by atoms with Crippen molar-refractivity contribution in [3.05, 3.63) is 77.8 Å². The molecule has 0 heterocycles. The summed E-state index contributed by atoms with van der Waals surface area (Å²) in [5.41, 5.74) is 0. The maximum Gasteiger partial charge on any atom is 0.324 e. The van der Waals surface area contributed by atoms with E-state index in [2.05, 4.69) is 29.1 Å². The molecule has 0 aromatic rings. The van der Waals surface area contributed by atoms with E-state index < -0.39 is 0 Å². The third-order valence-corrected chi connectivity index (χ3v) is 4.42. The standard InChI is InChI=1S/C23H32N2O3/c1-2-3-11-15-22(25-27)16-13-10-8-6-4-5-7-9-12-14-20-19-21(20)17-18-23(26)28-24/h3-5,7-14,16,20-22H,2,6,15,17-19,24H2,1H3/b5-4-,9-7+,10-8-,11-3-,14-12+,16-13+/t20-,21+,22+/m0/s1. The average molecular weight is 385 g/mol. The highest BCUT2D eigenvalue weighted by atomic mass is 16.7. The van der Waals surface area contributed by atoms with Crippen LogP contribution in [0.4, 0.5) is 0 Å². The molecule has 0 aromatic heterocycles. The molecule has 0 amide bonds. The van der Waals surface area contributed by atoms with Gasteiger partial charge >= 0.3 is 5.97 Å². The molecule has 0 spiro atoms. The highest BCUT2D eigenvalue weighted by Crippen LogP contribution is 2.43. The van der Waals surface area contributed by atoms with Gasteiger partial charge in [0.15, 0.2) is 0 Å². The fourth-order valence-corrected chi connectivity index (χ4v) is 2.68. The molecule has 0 radical (unpaired) electrons. The van der Waals surface area contributed by atoms with Crippen LogP contribution in [0, 0.1) is 16.7 Å². The molecular formula is C23H32N2O3. The lowest BCUT2D eigenvalue weighted by atomic mass is 10.2. The molecule has 0 aromatic carbocycles. The van der Waals surface area contributed by atoms with E-state index in [9.17, 15) is 9.70 Å². The zero-order valence-electron chi connectivity index (χ0n) is 16.7. The Morgan fingerprint density at radius 1 is 1.11 bits per heavy atom. The minimum absolute atomic E-state index is 0.293. The first-order valence-corrected chi connectivity index (χ1v) is 9.91. The fraction of sp³-hybridized carbons (Fsp3) is 0.435. The highest BCUT2D eigenvalue weighted by Gasteiger charge is 2.34. The van der Waals surface area contributed by atoms with Gasteiger partial charge in [-0.25, -0.2) is 0 Å². The SMILES string of the molecule is CC/C=C\C[C@H](/C=C/C=C\C\C=C/C=C/C=C/[C@H]1C[C@H]1CCC(=O)ON)N=O. The molecule has 3 atom stereocenters. The van der Waals surface area contributed by atoms with E-state index in [0.29, 0.717) is 24.7 Å². The first kappa shape index (κ1) is 23.5. The van der Waals surface area contributed by atoms with E-state index in [-0.39, 0.29) is 12.0 Å². The van der Waals surface area contributed by atoms with Crippen molar-refractivity contribution in [2.75, 3.05) is 0 Å². The molecule has 152 valence electrons. The van der Waals surface area contributed by atoms with Crippen molar-refractivity contribution >= 4 is 5.97 Å². The summed E-state index contributed by atoms with van der Waals surface area (Å²) >= 11 is 0. The van der Waals surface area contributed by atoms with Crippen LogP contribution in [0.25, 0.3) is 0 Å². The number of hydrogen-bond donors (Lipinski definition) is 1. The van der Waals surface area contributed by atoms with E-state index in [4.69, 9.17) is 5.90 Å². The number of allylic oxidation sites excluding steroid dienone is 10. The Labute approximate surface area is 168 Å². The van der Waals surface area contributed by atoms with Gasteiger partial charge in [0.2, 0.25) is 0 Å². The molecule has 1 aliphatic carbocycles. The van der Waals surface area contributed by atoms with Gasteiger partial charge in [-0.15, -0.1) is 0 Å². The number of nitrogens with two attached hydrogens (primary N) is 1. The smallest absolute Gasteiger partial charge is 0.324 e. The van der Waals surface area contributed by atoms with Gasteiger partial charge in [-0.05, 0) is 43.9 Å². The van der Waals surface area contributed by atoms with Crippen LogP contribution in [-0.2, 0) is 9.63 Å². The van der Waals surface area contributed by atoms with Crippen molar-refractivity contribution < 1.29 is 9.63 Å². The third kappa shape index (κ3) is 12.0. The molecule has 1 rings (SSSR count). The summed E-state index contributed by atoms with van der Waals surface area (Å²) in [7, 11) is 0. The van der Waals surface area contributed by atoms with Gasteiger partial charge in [-0.2, -0.15) is 10.8 Å². The maximum absolute atomic E-state index is 11.0. The van der Waals surface area contributed by atoms with Crippen molar-refractivity contribution in [2.45, 2.75) is 51.5 Å². The molecule has 0 aliphatic heterocycles. The Morgan fingerprint density at radius 3 is 2.57 bits per heavy atom. The molecule has 0 saturated heterocycles. The highest BCUT2D eigenvalue weighted by molar-refractivity contribution is 5.68. The molecule has 1 aliphatic rings. The van der Waals surface area contributed by atoms with Crippen LogP contribution in [0.2, 0.25) is 0 Å². The molecule has 5 nitrogen and oxygen atoms in total. The van der Waals surface area contributed by atoms with Crippen molar-refractivity contribution in [3.8, 4) is 0 Å². The largest absolute Gasteiger partial charge is 0.373 e. The molecule has 28 heavy (non-hydrogen) atoms. The molecule has 1 fully saturated rings. The van der Waals surface area contributed by atoms with Gasteiger partial charge in [-0.1, -0.05) is 85.0 Å². The first-order chi connectivity index (χ1) is 13.7. The van der Waals surface area contributed by atoms with Gasteiger partial charge in [0.1, 0.15) is 6.04 Å². The summed E-state index contributed by atoms with van der Waals surface area (Å²) in [6, 6.07) is -0.293. The topological polar surface area (TPSA) is 81.8 Å². The maximum atomic E-state index is 11.0. The summed E-state index contributed by atoms with van der Waals surface area (Å²) < 4.78 is 0. The predicted molar refractivity (Wildman–Crippen MR) is 115 cm³/mol. The monoisotopic (exact) mass is 384 g/mol. The van der Waals surface area contributed by atoms with E-state index in [1.54, 1.807) is 0 Å². The first-order valence-electron chi connectivity index (χ1n) is 9.91. The summed E-state index contributed by atoms with van der Waals surface area (Å²) in [5, 5.41) is 3.10. The third-order valence-electron chi connectivity index (χ3n) is 4.42. The minimum Gasteiger partial charge on any atom is -0.373 e. The summed E-state index contributed by atoms with van der Waals surface area (Å²) in [4.78, 5) is 25.9. The molecule has 2 N–H and O–H groups in total. The molecule has 0 bridgehead atoms. The lowest BCUT2D eigenvalue weighted by Crippen LogP contribution is -2.09. The number of nitroso groups, excluding NO2 is 1. The van der Waals surface area contributed by atoms with Crippen molar-refractivity contribution in [2.24, 2.45) is 22.9 Å². The zero-order chi connectivity index (χ0) is 20.5. The predicted octanol–water partition coefficient (Wildman–Crippen LogP) is 5.48. The van der Waals surface area contributed by atoms with Crippen LogP contribution in [0.1, 0.15) is 45.4 Å². The number of rotatable bonds is 14. The number of carbonyl (C=O) groups is 1. The molecular weight excluding hydrogens is 352 g/mol. The van der Waals surface area contributed by atoms with Crippen molar-refractivity contribution in [1.82, 2.24) is 0 Å². The number of carbonyl (C=O) groups excluding carboxylic acids is 1. The normalized spacial score (nSPS) is 21.1. The fourth-order valence-electron chi connectivity index (χ4n) is 2.68. The zero-order valence-corrected chi connectivity index (χ0v) is 16.7. The van der Waals surface area contributed by atoms with Crippen molar-refractivity contribution in [1.29, 1.82) is 0 Å². The van der Waals surface area contributed by atoms with Crippen molar-refractivity contribution in [3.63, 3.8) is 0 Å². The number of hydrogen-bond acceptors (Lipinski definition) is 5. The molecule has 1 saturated carbocycles. The van der Waals surface area contributed by atoms with Gasteiger partial charge in [0, 0.05) is 6.42 Å². The van der Waals surface area contributed by atoms with Gasteiger partial charge in [-0.3, -0.25) is 4.79 Å². The lowest BCUT2D eigenvalue weighted by Gasteiger charge is -1.96. The Morgan fingerprint density at radius 2 is 1.86 bits per heavy atom. The van der Waals surface area contributed by atoms with Gasteiger partial charge in [0.05, 0.1) is 0 Å². The Balaban J connectivity index is 2.13. The van der Waals surface area contributed by atoms with E-state index in [1.807, 2.05) is 60.8 Å². The van der Waals surface area contributed by atoms with E-state index in [1.165, 1.54) is 0 Å². The Bertz CT molecular complexity index is 630. The molecule has 0 unspecified atom stereocenters. The van der Waals surface area contributed by atoms with Crippen LogP contribution in [0.3, 0.4) is 0 Å². The lowest BCUT2D eigenvalue weighted by molar-refractivity contribution is -0.144. The van der Waals surface area contributed by atoms with E-state index in [0.717, 1.165) is 25.7 Å². The minimum atomic E-state index is -0.339. The van der Waals surface area contributed by atoms with Crippen LogP contribution in [-0.4, -0.2) is 12.0 Å². The number of nitrogens with zero attached hydrogens (tertiary/aromatic N) is 1. The molecule has 5 heteroatoms. The van der Waals surface area contributed by atoms with Gasteiger partial charge < -0.3 is 4.84 Å². The van der Waals surface area contributed by atoms with Gasteiger partial charge in [0.25, 0.3) is 0 Å². The quantitative estimate of drug-likeness (QED) is 0.186.